The van der Waals surface area contributed by atoms with Crippen LogP contribution in [0.4, 0.5) is 11.4 Å². The number of ether oxygens (including phenoxy) is 1. The Hall–Kier alpha value is -3.40. The Morgan fingerprint density at radius 2 is 2.00 bits per heavy atom. The molecule has 0 spiro atoms. The first-order chi connectivity index (χ1) is 11.4. The van der Waals surface area contributed by atoms with Crippen molar-refractivity contribution in [1.29, 1.82) is 5.26 Å². The summed E-state index contributed by atoms with van der Waals surface area (Å²) >= 11 is 0. The number of rotatable bonds is 5. The summed E-state index contributed by atoms with van der Waals surface area (Å²) in [5.41, 5.74) is 1.30. The Morgan fingerprint density at radius 1 is 1.29 bits per heavy atom. The number of nitro groups is 1. The van der Waals surface area contributed by atoms with Gasteiger partial charge in [0.25, 0.3) is 5.69 Å². The molecule has 2 aromatic carbocycles. The van der Waals surface area contributed by atoms with Crippen LogP contribution in [0.5, 0.6) is 0 Å². The number of nitrogens with zero attached hydrogens (tertiary/aromatic N) is 3. The molecule has 7 nitrogen and oxygen atoms in total. The lowest BCUT2D eigenvalue weighted by atomic mass is 10.1. The predicted molar refractivity (Wildman–Crippen MR) is 87.7 cm³/mol. The Balaban J connectivity index is 2.20. The third-order valence-corrected chi connectivity index (χ3v) is 3.39. The van der Waals surface area contributed by atoms with E-state index < -0.39 is 10.9 Å². The molecule has 0 fully saturated rings. The number of carbonyl (C=O) groups is 1. The average Bonchev–Trinajstić information content (AvgIpc) is 2.59. The van der Waals surface area contributed by atoms with E-state index >= 15 is 0 Å². The molecule has 2 aromatic rings. The summed E-state index contributed by atoms with van der Waals surface area (Å²) in [4.78, 5) is 24.3. The van der Waals surface area contributed by atoms with Crippen LogP contribution < -0.4 is 4.90 Å². The molecule has 0 heterocycles. The predicted octanol–water partition coefficient (Wildman–Crippen LogP) is 2.89. The summed E-state index contributed by atoms with van der Waals surface area (Å²) in [6.45, 7) is -0.0776. The molecule has 0 atom stereocenters. The van der Waals surface area contributed by atoms with Crippen molar-refractivity contribution in [2.75, 3.05) is 19.0 Å². The molecule has 0 N–H and O–H groups in total. The van der Waals surface area contributed by atoms with Gasteiger partial charge in [0.1, 0.15) is 12.3 Å². The monoisotopic (exact) mass is 325 g/mol. The van der Waals surface area contributed by atoms with Crippen molar-refractivity contribution in [2.24, 2.45) is 0 Å². The van der Waals surface area contributed by atoms with Gasteiger partial charge in [0.15, 0.2) is 0 Å². The Bertz CT molecular complexity index is 825. The molecule has 0 bridgehead atoms. The SMILES string of the molecule is CN(C)c1ccc(C(=O)OCc2ccccc2C#N)cc1[N+](=O)[O-]. The van der Waals surface area contributed by atoms with Crippen molar-refractivity contribution in [3.05, 3.63) is 69.3 Å². The maximum atomic E-state index is 12.1. The number of nitro benzene ring substituents is 1. The number of hydrogen-bond donors (Lipinski definition) is 0. The van der Waals surface area contributed by atoms with E-state index in [-0.39, 0.29) is 17.9 Å². The summed E-state index contributed by atoms with van der Waals surface area (Å²) in [5.74, 6) is -0.684. The van der Waals surface area contributed by atoms with Gasteiger partial charge in [-0.1, -0.05) is 18.2 Å². The van der Waals surface area contributed by atoms with Gasteiger partial charge >= 0.3 is 5.97 Å². The molecule has 0 aliphatic carbocycles. The second-order valence-corrected chi connectivity index (χ2v) is 5.20. The summed E-state index contributed by atoms with van der Waals surface area (Å²) in [7, 11) is 3.36. The summed E-state index contributed by atoms with van der Waals surface area (Å²) in [6.07, 6.45) is 0. The Morgan fingerprint density at radius 3 is 2.62 bits per heavy atom. The zero-order valence-corrected chi connectivity index (χ0v) is 13.2. The van der Waals surface area contributed by atoms with Gasteiger partial charge in [0, 0.05) is 25.7 Å². The Kier molecular flexibility index (Phi) is 5.12. The van der Waals surface area contributed by atoms with Gasteiger partial charge in [-0.2, -0.15) is 5.26 Å². The van der Waals surface area contributed by atoms with Crippen molar-refractivity contribution in [3.63, 3.8) is 0 Å². The average molecular weight is 325 g/mol. The third-order valence-electron chi connectivity index (χ3n) is 3.39. The van der Waals surface area contributed by atoms with Gasteiger partial charge < -0.3 is 9.64 Å². The lowest BCUT2D eigenvalue weighted by Gasteiger charge is -2.13. The van der Waals surface area contributed by atoms with Crippen molar-refractivity contribution >= 4 is 17.3 Å². The topological polar surface area (TPSA) is 96.5 Å². The minimum absolute atomic E-state index is 0.0776. The van der Waals surface area contributed by atoms with E-state index in [0.29, 0.717) is 16.8 Å². The van der Waals surface area contributed by atoms with E-state index in [1.165, 1.54) is 18.2 Å². The molecule has 122 valence electrons. The first-order valence-corrected chi connectivity index (χ1v) is 7.05. The fourth-order valence-corrected chi connectivity index (χ4v) is 2.16. The molecule has 24 heavy (non-hydrogen) atoms. The number of benzene rings is 2. The molecule has 0 amide bonds. The van der Waals surface area contributed by atoms with Crippen LogP contribution in [-0.4, -0.2) is 25.0 Å². The smallest absolute Gasteiger partial charge is 0.338 e. The van der Waals surface area contributed by atoms with Crippen LogP contribution >= 0.6 is 0 Å². The maximum Gasteiger partial charge on any atom is 0.338 e. The van der Waals surface area contributed by atoms with E-state index in [1.54, 1.807) is 43.3 Å². The summed E-state index contributed by atoms with van der Waals surface area (Å²) < 4.78 is 5.17. The maximum absolute atomic E-state index is 12.1. The highest BCUT2D eigenvalue weighted by Gasteiger charge is 2.19. The molecule has 0 aromatic heterocycles. The lowest BCUT2D eigenvalue weighted by Crippen LogP contribution is -2.12. The zero-order valence-electron chi connectivity index (χ0n) is 13.2. The second kappa shape index (κ2) is 7.24. The van der Waals surface area contributed by atoms with Crippen LogP contribution in [0.1, 0.15) is 21.5 Å². The fraction of sp³-hybridized carbons (Fsp3) is 0.176. The highest BCUT2D eigenvalue weighted by molar-refractivity contribution is 5.91. The molecule has 0 saturated heterocycles. The first-order valence-electron chi connectivity index (χ1n) is 7.05. The summed E-state index contributed by atoms with van der Waals surface area (Å²) in [6, 6.07) is 12.9. The van der Waals surface area contributed by atoms with Crippen molar-refractivity contribution < 1.29 is 14.5 Å². The standard InChI is InChI=1S/C17H15N3O4/c1-19(2)15-8-7-12(9-16(15)20(22)23)17(21)24-11-14-6-4-3-5-13(14)10-18/h3-9H,11H2,1-2H3. The number of carbonyl (C=O) groups excluding carboxylic acids is 1. The molecular formula is C17H15N3O4. The third kappa shape index (κ3) is 3.67. The Labute approximate surface area is 138 Å². The number of nitriles is 1. The van der Waals surface area contributed by atoms with Gasteiger partial charge in [0.05, 0.1) is 22.1 Å². The van der Waals surface area contributed by atoms with Crippen LogP contribution in [0.2, 0.25) is 0 Å². The van der Waals surface area contributed by atoms with Gasteiger partial charge in [-0.3, -0.25) is 10.1 Å². The van der Waals surface area contributed by atoms with Gasteiger partial charge in [-0.15, -0.1) is 0 Å². The minimum atomic E-state index is -0.684. The van der Waals surface area contributed by atoms with Crippen LogP contribution in [0.25, 0.3) is 0 Å². The van der Waals surface area contributed by atoms with Crippen LogP contribution in [0, 0.1) is 21.4 Å². The van der Waals surface area contributed by atoms with Crippen LogP contribution in [-0.2, 0) is 11.3 Å². The van der Waals surface area contributed by atoms with Crippen LogP contribution in [0.15, 0.2) is 42.5 Å². The number of anilines is 1. The van der Waals surface area contributed by atoms with E-state index in [0.717, 1.165) is 0 Å². The largest absolute Gasteiger partial charge is 0.457 e. The summed E-state index contributed by atoms with van der Waals surface area (Å²) in [5, 5.41) is 20.2. The van der Waals surface area contributed by atoms with Crippen molar-refractivity contribution in [2.45, 2.75) is 6.61 Å². The van der Waals surface area contributed by atoms with E-state index in [9.17, 15) is 14.9 Å². The molecule has 0 saturated carbocycles. The highest BCUT2D eigenvalue weighted by Crippen LogP contribution is 2.28. The van der Waals surface area contributed by atoms with Crippen molar-refractivity contribution in [3.8, 4) is 6.07 Å². The van der Waals surface area contributed by atoms with Crippen molar-refractivity contribution in [1.82, 2.24) is 0 Å². The second-order valence-electron chi connectivity index (χ2n) is 5.20. The molecule has 0 aliphatic heterocycles. The quantitative estimate of drug-likeness (QED) is 0.476. The van der Waals surface area contributed by atoms with E-state index in [4.69, 9.17) is 10.00 Å². The molecule has 0 aliphatic rings. The highest BCUT2D eigenvalue weighted by atomic mass is 16.6. The van der Waals surface area contributed by atoms with Gasteiger partial charge in [0.2, 0.25) is 0 Å². The lowest BCUT2D eigenvalue weighted by molar-refractivity contribution is -0.384. The molecule has 7 heteroatoms. The zero-order chi connectivity index (χ0) is 17.7. The molecule has 0 unspecified atom stereocenters. The van der Waals surface area contributed by atoms with E-state index in [1.807, 2.05) is 6.07 Å². The van der Waals surface area contributed by atoms with Gasteiger partial charge in [-0.25, -0.2) is 4.79 Å². The number of hydrogen-bond acceptors (Lipinski definition) is 6. The molecule has 0 radical (unpaired) electrons. The molecular weight excluding hydrogens is 310 g/mol. The van der Waals surface area contributed by atoms with E-state index in [2.05, 4.69) is 0 Å². The van der Waals surface area contributed by atoms with Gasteiger partial charge in [-0.05, 0) is 18.2 Å². The normalized spacial score (nSPS) is 9.88. The van der Waals surface area contributed by atoms with Crippen LogP contribution in [0.3, 0.4) is 0 Å². The molecule has 2 rings (SSSR count). The number of esters is 1. The minimum Gasteiger partial charge on any atom is -0.457 e. The first kappa shape index (κ1) is 17.0. The fourth-order valence-electron chi connectivity index (χ4n) is 2.16.